The van der Waals surface area contributed by atoms with Crippen LogP contribution in [-0.4, -0.2) is 37.5 Å². The van der Waals surface area contributed by atoms with Crippen molar-refractivity contribution in [3.8, 4) is 0 Å². The Morgan fingerprint density at radius 3 is 2.55 bits per heavy atom. The van der Waals surface area contributed by atoms with Crippen molar-refractivity contribution in [2.75, 3.05) is 26.7 Å². The van der Waals surface area contributed by atoms with Gasteiger partial charge in [-0.2, -0.15) is 0 Å². The maximum atomic E-state index is 12.7. The van der Waals surface area contributed by atoms with E-state index < -0.39 is 0 Å². The lowest BCUT2D eigenvalue weighted by Gasteiger charge is -2.37. The van der Waals surface area contributed by atoms with E-state index >= 15 is 0 Å². The van der Waals surface area contributed by atoms with Crippen LogP contribution < -0.4 is 5.32 Å². The first-order valence-corrected chi connectivity index (χ1v) is 7.55. The standard InChI is InChI=1S/C17H26N2O/c1-17(2)9-12-19(13-10-17)16(20)15-7-5-4-6-14(15)8-11-18-3/h4-7,18H,8-13H2,1-3H3. The molecule has 0 saturated carbocycles. The zero-order chi connectivity index (χ0) is 14.6. The second-order valence-electron chi connectivity index (χ2n) is 6.47. The lowest BCUT2D eigenvalue weighted by Crippen LogP contribution is -2.41. The normalized spacial score (nSPS) is 18.1. The summed E-state index contributed by atoms with van der Waals surface area (Å²) in [4.78, 5) is 14.7. The van der Waals surface area contributed by atoms with E-state index in [0.29, 0.717) is 5.41 Å². The summed E-state index contributed by atoms with van der Waals surface area (Å²) in [6, 6.07) is 8.01. The Bertz CT molecular complexity index is 458. The highest BCUT2D eigenvalue weighted by atomic mass is 16.2. The molecule has 2 rings (SSSR count). The Morgan fingerprint density at radius 2 is 1.90 bits per heavy atom. The molecule has 0 bridgehead atoms. The molecule has 110 valence electrons. The van der Waals surface area contributed by atoms with E-state index in [4.69, 9.17) is 0 Å². The molecule has 0 unspecified atom stereocenters. The van der Waals surface area contributed by atoms with Gasteiger partial charge in [0.25, 0.3) is 5.91 Å². The molecule has 3 nitrogen and oxygen atoms in total. The van der Waals surface area contributed by atoms with Crippen molar-refractivity contribution in [1.29, 1.82) is 0 Å². The summed E-state index contributed by atoms with van der Waals surface area (Å²) in [5.41, 5.74) is 2.40. The molecule has 1 heterocycles. The molecular weight excluding hydrogens is 248 g/mol. The third-order valence-electron chi connectivity index (χ3n) is 4.30. The number of hydrogen-bond acceptors (Lipinski definition) is 2. The Hall–Kier alpha value is -1.35. The van der Waals surface area contributed by atoms with E-state index in [2.05, 4.69) is 25.2 Å². The van der Waals surface area contributed by atoms with Gasteiger partial charge >= 0.3 is 0 Å². The van der Waals surface area contributed by atoms with Crippen molar-refractivity contribution in [2.45, 2.75) is 33.1 Å². The van der Waals surface area contributed by atoms with E-state index in [9.17, 15) is 4.79 Å². The predicted octanol–water partition coefficient (Wildman–Crippen LogP) is 2.71. The summed E-state index contributed by atoms with van der Waals surface area (Å²) in [6.45, 7) is 7.24. The Morgan fingerprint density at radius 1 is 1.25 bits per heavy atom. The number of nitrogens with zero attached hydrogens (tertiary/aromatic N) is 1. The first-order chi connectivity index (χ1) is 9.53. The van der Waals surface area contributed by atoms with E-state index in [0.717, 1.165) is 50.0 Å². The van der Waals surface area contributed by atoms with Gasteiger partial charge in [0.2, 0.25) is 0 Å². The SMILES string of the molecule is CNCCc1ccccc1C(=O)N1CCC(C)(C)CC1. The van der Waals surface area contributed by atoms with Crippen molar-refractivity contribution in [1.82, 2.24) is 10.2 Å². The molecule has 3 heteroatoms. The zero-order valence-corrected chi connectivity index (χ0v) is 12.9. The lowest BCUT2D eigenvalue weighted by molar-refractivity contribution is 0.0629. The van der Waals surface area contributed by atoms with Crippen LogP contribution in [0.1, 0.15) is 42.6 Å². The molecule has 0 radical (unpaired) electrons. The maximum absolute atomic E-state index is 12.7. The fourth-order valence-corrected chi connectivity index (χ4v) is 2.69. The van der Waals surface area contributed by atoms with Crippen LogP contribution in [-0.2, 0) is 6.42 Å². The number of nitrogens with one attached hydrogen (secondary N) is 1. The van der Waals surface area contributed by atoms with Gasteiger partial charge < -0.3 is 10.2 Å². The molecule has 0 aromatic heterocycles. The number of likely N-dealkylation sites (N-methyl/N-ethyl adjacent to an activating group) is 1. The van der Waals surface area contributed by atoms with Gasteiger partial charge in [0.1, 0.15) is 0 Å². The van der Waals surface area contributed by atoms with Crippen molar-refractivity contribution >= 4 is 5.91 Å². The molecule has 1 aromatic rings. The van der Waals surface area contributed by atoms with Crippen molar-refractivity contribution in [2.24, 2.45) is 5.41 Å². The van der Waals surface area contributed by atoms with E-state index in [1.807, 2.05) is 30.1 Å². The second kappa shape index (κ2) is 6.40. The van der Waals surface area contributed by atoms with E-state index in [1.165, 1.54) is 0 Å². The molecule has 1 saturated heterocycles. The number of carbonyl (C=O) groups is 1. The monoisotopic (exact) mass is 274 g/mol. The minimum Gasteiger partial charge on any atom is -0.339 e. The van der Waals surface area contributed by atoms with Crippen LogP contribution in [0.4, 0.5) is 0 Å². The first kappa shape index (κ1) is 15.0. The van der Waals surface area contributed by atoms with Gasteiger partial charge in [-0.05, 0) is 49.9 Å². The molecule has 20 heavy (non-hydrogen) atoms. The molecule has 1 aliphatic heterocycles. The van der Waals surface area contributed by atoms with Gasteiger partial charge in [0.05, 0.1) is 0 Å². The molecule has 0 aliphatic carbocycles. The summed E-state index contributed by atoms with van der Waals surface area (Å²) in [6.07, 6.45) is 3.09. The van der Waals surface area contributed by atoms with Gasteiger partial charge in [0, 0.05) is 18.7 Å². The molecule has 0 atom stereocenters. The highest BCUT2D eigenvalue weighted by Gasteiger charge is 2.28. The van der Waals surface area contributed by atoms with Gasteiger partial charge in [-0.25, -0.2) is 0 Å². The van der Waals surface area contributed by atoms with Crippen LogP contribution in [0.25, 0.3) is 0 Å². The number of rotatable bonds is 4. The third kappa shape index (κ3) is 3.60. The molecule has 1 fully saturated rings. The molecule has 1 aliphatic rings. The summed E-state index contributed by atoms with van der Waals surface area (Å²) in [7, 11) is 1.94. The fourth-order valence-electron chi connectivity index (χ4n) is 2.69. The lowest BCUT2D eigenvalue weighted by atomic mass is 9.82. The zero-order valence-electron chi connectivity index (χ0n) is 12.9. The first-order valence-electron chi connectivity index (χ1n) is 7.55. The predicted molar refractivity (Wildman–Crippen MR) is 83.0 cm³/mol. The summed E-state index contributed by atoms with van der Waals surface area (Å²) >= 11 is 0. The smallest absolute Gasteiger partial charge is 0.254 e. The number of piperidine rings is 1. The quantitative estimate of drug-likeness (QED) is 0.915. The van der Waals surface area contributed by atoms with Gasteiger partial charge in [0.15, 0.2) is 0 Å². The van der Waals surface area contributed by atoms with Crippen LogP contribution in [0.5, 0.6) is 0 Å². The number of benzene rings is 1. The Balaban J connectivity index is 2.09. The third-order valence-corrected chi connectivity index (χ3v) is 4.30. The summed E-state index contributed by atoms with van der Waals surface area (Å²) in [5, 5.41) is 3.15. The number of carbonyl (C=O) groups excluding carboxylic acids is 1. The molecule has 1 N–H and O–H groups in total. The average molecular weight is 274 g/mol. The highest BCUT2D eigenvalue weighted by molar-refractivity contribution is 5.95. The number of likely N-dealkylation sites (tertiary alicyclic amines) is 1. The maximum Gasteiger partial charge on any atom is 0.254 e. The van der Waals surface area contributed by atoms with Crippen LogP contribution in [0.15, 0.2) is 24.3 Å². The number of amides is 1. The summed E-state index contributed by atoms with van der Waals surface area (Å²) in [5.74, 6) is 0.201. The minimum atomic E-state index is 0.201. The van der Waals surface area contributed by atoms with E-state index in [1.54, 1.807) is 0 Å². The van der Waals surface area contributed by atoms with Gasteiger partial charge in [-0.15, -0.1) is 0 Å². The minimum absolute atomic E-state index is 0.201. The van der Waals surface area contributed by atoms with Crippen molar-refractivity contribution in [3.05, 3.63) is 35.4 Å². The Labute approximate surface area is 122 Å². The molecule has 1 amide bonds. The second-order valence-corrected chi connectivity index (χ2v) is 6.47. The average Bonchev–Trinajstić information content (AvgIpc) is 2.45. The van der Waals surface area contributed by atoms with Crippen LogP contribution in [0.3, 0.4) is 0 Å². The van der Waals surface area contributed by atoms with Crippen LogP contribution >= 0.6 is 0 Å². The van der Waals surface area contributed by atoms with Crippen LogP contribution in [0, 0.1) is 5.41 Å². The topological polar surface area (TPSA) is 32.3 Å². The fraction of sp³-hybridized carbons (Fsp3) is 0.588. The number of hydrogen-bond donors (Lipinski definition) is 1. The largest absolute Gasteiger partial charge is 0.339 e. The Kier molecular flexibility index (Phi) is 4.81. The van der Waals surface area contributed by atoms with Crippen molar-refractivity contribution < 1.29 is 4.79 Å². The van der Waals surface area contributed by atoms with Gasteiger partial charge in [-0.1, -0.05) is 32.0 Å². The molecule has 1 aromatic carbocycles. The molecule has 0 spiro atoms. The summed E-state index contributed by atoms with van der Waals surface area (Å²) < 4.78 is 0. The highest BCUT2D eigenvalue weighted by Crippen LogP contribution is 2.30. The van der Waals surface area contributed by atoms with E-state index in [-0.39, 0.29) is 5.91 Å². The van der Waals surface area contributed by atoms with Crippen LogP contribution in [0.2, 0.25) is 0 Å². The molecular formula is C17H26N2O. The van der Waals surface area contributed by atoms with Gasteiger partial charge in [-0.3, -0.25) is 4.79 Å². The van der Waals surface area contributed by atoms with Crippen molar-refractivity contribution in [3.63, 3.8) is 0 Å².